The van der Waals surface area contributed by atoms with Gasteiger partial charge in [0, 0.05) is 29.1 Å². The molecule has 1 aromatic carbocycles. The molecule has 1 aromatic heterocycles. The summed E-state index contributed by atoms with van der Waals surface area (Å²) in [6, 6.07) is 5.46. The summed E-state index contributed by atoms with van der Waals surface area (Å²) in [4.78, 5) is 19.6. The number of carbonyl (C=O) groups is 1. The molecule has 2 heterocycles. The molecule has 3 rings (SSSR count). The van der Waals surface area contributed by atoms with E-state index in [1.807, 2.05) is 17.8 Å². The average molecular weight is 261 g/mol. The average Bonchev–Trinajstić information content (AvgIpc) is 2.32. The van der Waals surface area contributed by atoms with E-state index in [0.29, 0.717) is 17.5 Å². The summed E-state index contributed by atoms with van der Waals surface area (Å²) in [6.07, 6.45) is 1.66. The maximum absolute atomic E-state index is 11.1. The summed E-state index contributed by atoms with van der Waals surface area (Å²) in [5, 5.41) is 13.1. The first-order chi connectivity index (χ1) is 8.74. The molecule has 0 amide bonds. The van der Waals surface area contributed by atoms with Crippen LogP contribution in [0.1, 0.15) is 10.4 Å². The molecule has 0 unspecified atom stereocenters. The Morgan fingerprint density at radius 3 is 2.94 bits per heavy atom. The van der Waals surface area contributed by atoms with Crippen LogP contribution in [0.5, 0.6) is 0 Å². The van der Waals surface area contributed by atoms with Crippen LogP contribution < -0.4 is 5.32 Å². The molecule has 18 heavy (non-hydrogen) atoms. The smallest absolute Gasteiger partial charge is 0.337 e. The molecule has 6 heteroatoms. The number of carboxylic acids is 1. The zero-order chi connectivity index (χ0) is 12.5. The van der Waals surface area contributed by atoms with Gasteiger partial charge in [-0.25, -0.2) is 14.8 Å². The van der Waals surface area contributed by atoms with Crippen molar-refractivity contribution in [2.24, 2.45) is 0 Å². The minimum absolute atomic E-state index is 0.209. The molecule has 5 nitrogen and oxygen atoms in total. The topological polar surface area (TPSA) is 75.1 Å². The lowest BCUT2D eigenvalue weighted by atomic mass is 10.1. The highest BCUT2D eigenvalue weighted by Gasteiger charge is 2.19. The van der Waals surface area contributed by atoms with Crippen molar-refractivity contribution < 1.29 is 9.90 Å². The number of benzene rings is 1. The first kappa shape index (κ1) is 11.3. The van der Waals surface area contributed by atoms with E-state index in [1.54, 1.807) is 18.3 Å². The highest BCUT2D eigenvalue weighted by molar-refractivity contribution is 8.00. The van der Waals surface area contributed by atoms with Crippen LogP contribution in [-0.2, 0) is 0 Å². The quantitative estimate of drug-likeness (QED) is 0.878. The summed E-state index contributed by atoms with van der Waals surface area (Å²) in [5.74, 6) is 1.62. The Kier molecular flexibility index (Phi) is 2.79. The number of aromatic carboxylic acids is 1. The number of thioether (sulfide) groups is 1. The van der Waals surface area contributed by atoms with Gasteiger partial charge in [0.2, 0.25) is 5.95 Å². The number of fused-ring (bicyclic) bond motifs is 1. The van der Waals surface area contributed by atoms with Gasteiger partial charge < -0.3 is 10.4 Å². The molecule has 0 bridgehead atoms. The predicted molar refractivity (Wildman–Crippen MR) is 71.2 cm³/mol. The number of hydrogen-bond donors (Lipinski definition) is 2. The van der Waals surface area contributed by atoms with Crippen molar-refractivity contribution in [3.63, 3.8) is 0 Å². The number of aromatic nitrogens is 2. The van der Waals surface area contributed by atoms with Gasteiger partial charge in [0.05, 0.1) is 11.1 Å². The van der Waals surface area contributed by atoms with E-state index >= 15 is 0 Å². The lowest BCUT2D eigenvalue weighted by Crippen LogP contribution is -2.33. The predicted octanol–water partition coefficient (Wildman–Crippen LogP) is 1.86. The fraction of sp³-hybridized carbons (Fsp3) is 0.250. The largest absolute Gasteiger partial charge is 0.478 e. The van der Waals surface area contributed by atoms with E-state index in [2.05, 4.69) is 15.3 Å². The Bertz CT molecular complexity index is 613. The normalized spacial score (nSPS) is 15.3. The monoisotopic (exact) mass is 261 g/mol. The van der Waals surface area contributed by atoms with Gasteiger partial charge in [-0.1, -0.05) is 12.1 Å². The van der Waals surface area contributed by atoms with Crippen LogP contribution in [0.25, 0.3) is 10.9 Å². The van der Waals surface area contributed by atoms with Crippen LogP contribution in [0.15, 0.2) is 24.4 Å². The first-order valence-electron chi connectivity index (χ1n) is 5.57. The van der Waals surface area contributed by atoms with Crippen molar-refractivity contribution in [2.75, 3.05) is 16.8 Å². The van der Waals surface area contributed by atoms with E-state index in [4.69, 9.17) is 5.11 Å². The lowest BCUT2D eigenvalue weighted by molar-refractivity contribution is 0.0699. The standard InChI is InChI=1S/C12H11N3O2S/c16-11(17)9-3-1-2-7-4-13-12(15-10(7)9)14-8-5-18-6-8/h1-4,8H,5-6H2,(H,16,17)(H,13,14,15). The molecule has 1 saturated heterocycles. The van der Waals surface area contributed by atoms with Crippen molar-refractivity contribution in [3.05, 3.63) is 30.0 Å². The Hall–Kier alpha value is -1.82. The van der Waals surface area contributed by atoms with E-state index in [1.165, 1.54) is 0 Å². The Labute approximate surface area is 108 Å². The van der Waals surface area contributed by atoms with Crippen molar-refractivity contribution >= 4 is 34.6 Å². The summed E-state index contributed by atoms with van der Waals surface area (Å²) < 4.78 is 0. The van der Waals surface area contributed by atoms with E-state index in [9.17, 15) is 4.79 Å². The Balaban J connectivity index is 2.03. The van der Waals surface area contributed by atoms with Gasteiger partial charge in [0.15, 0.2) is 0 Å². The third-order valence-electron chi connectivity index (χ3n) is 2.81. The third-order valence-corrected chi connectivity index (χ3v) is 4.09. The highest BCUT2D eigenvalue weighted by atomic mass is 32.2. The number of para-hydroxylation sites is 1. The second-order valence-corrected chi connectivity index (χ2v) is 5.20. The SMILES string of the molecule is O=C(O)c1cccc2cnc(NC3CSC3)nc12. The fourth-order valence-corrected chi connectivity index (χ4v) is 2.44. The molecule has 1 aliphatic rings. The zero-order valence-corrected chi connectivity index (χ0v) is 10.3. The van der Waals surface area contributed by atoms with E-state index in [-0.39, 0.29) is 5.56 Å². The van der Waals surface area contributed by atoms with Gasteiger partial charge >= 0.3 is 5.97 Å². The molecule has 0 radical (unpaired) electrons. The minimum Gasteiger partial charge on any atom is -0.478 e. The van der Waals surface area contributed by atoms with Crippen LogP contribution >= 0.6 is 11.8 Å². The number of rotatable bonds is 3. The first-order valence-corrected chi connectivity index (χ1v) is 6.73. The van der Waals surface area contributed by atoms with Crippen LogP contribution in [0.4, 0.5) is 5.95 Å². The second kappa shape index (κ2) is 4.45. The zero-order valence-electron chi connectivity index (χ0n) is 9.46. The van der Waals surface area contributed by atoms with E-state index in [0.717, 1.165) is 16.9 Å². The van der Waals surface area contributed by atoms with Gasteiger partial charge in [-0.3, -0.25) is 0 Å². The number of hydrogen-bond acceptors (Lipinski definition) is 5. The van der Waals surface area contributed by atoms with Gasteiger partial charge in [0.25, 0.3) is 0 Å². The summed E-state index contributed by atoms with van der Waals surface area (Å²) in [6.45, 7) is 0. The number of anilines is 1. The van der Waals surface area contributed by atoms with Gasteiger partial charge in [-0.05, 0) is 6.07 Å². The van der Waals surface area contributed by atoms with Crippen molar-refractivity contribution in [1.82, 2.24) is 9.97 Å². The molecule has 1 aliphatic heterocycles. The highest BCUT2D eigenvalue weighted by Crippen LogP contribution is 2.22. The van der Waals surface area contributed by atoms with Gasteiger partial charge in [-0.15, -0.1) is 0 Å². The molecule has 0 saturated carbocycles. The van der Waals surface area contributed by atoms with Crippen molar-refractivity contribution in [1.29, 1.82) is 0 Å². The second-order valence-electron chi connectivity index (χ2n) is 4.12. The summed E-state index contributed by atoms with van der Waals surface area (Å²) >= 11 is 1.86. The molecule has 0 spiro atoms. The van der Waals surface area contributed by atoms with Gasteiger partial charge in [-0.2, -0.15) is 11.8 Å². The summed E-state index contributed by atoms with van der Waals surface area (Å²) in [7, 11) is 0. The Morgan fingerprint density at radius 1 is 1.44 bits per heavy atom. The number of nitrogens with zero attached hydrogens (tertiary/aromatic N) is 2. The lowest BCUT2D eigenvalue weighted by Gasteiger charge is -2.25. The molecule has 0 aliphatic carbocycles. The number of nitrogens with one attached hydrogen (secondary N) is 1. The maximum Gasteiger partial charge on any atom is 0.337 e. The molecule has 0 atom stereocenters. The molecule has 2 aromatic rings. The Morgan fingerprint density at radius 2 is 2.28 bits per heavy atom. The van der Waals surface area contributed by atoms with Crippen LogP contribution in [0.3, 0.4) is 0 Å². The number of carboxylic acid groups (broad SMARTS) is 1. The molecule has 2 N–H and O–H groups in total. The molecular formula is C12H11N3O2S. The van der Waals surface area contributed by atoms with Crippen LogP contribution in [0, 0.1) is 0 Å². The third kappa shape index (κ3) is 1.99. The maximum atomic E-state index is 11.1. The minimum atomic E-state index is -0.968. The summed E-state index contributed by atoms with van der Waals surface area (Å²) in [5.41, 5.74) is 0.690. The van der Waals surface area contributed by atoms with Crippen LogP contribution in [-0.4, -0.2) is 38.6 Å². The van der Waals surface area contributed by atoms with Crippen LogP contribution in [0.2, 0.25) is 0 Å². The molecule has 1 fully saturated rings. The van der Waals surface area contributed by atoms with Crippen molar-refractivity contribution in [3.8, 4) is 0 Å². The molecule has 92 valence electrons. The van der Waals surface area contributed by atoms with E-state index < -0.39 is 5.97 Å². The fourth-order valence-electron chi connectivity index (χ4n) is 1.80. The van der Waals surface area contributed by atoms with Gasteiger partial charge in [0.1, 0.15) is 0 Å². The van der Waals surface area contributed by atoms with Crippen molar-refractivity contribution in [2.45, 2.75) is 6.04 Å². The molecular weight excluding hydrogens is 250 g/mol.